The molecule has 3 rings (SSSR count). The van der Waals surface area contributed by atoms with Crippen LogP contribution in [0.15, 0.2) is 42.0 Å². The summed E-state index contributed by atoms with van der Waals surface area (Å²) >= 11 is 0. The van der Waals surface area contributed by atoms with Crippen molar-refractivity contribution in [1.29, 1.82) is 0 Å². The van der Waals surface area contributed by atoms with E-state index < -0.39 is 23.9 Å². The molecule has 2 fully saturated rings. The second-order valence-corrected chi connectivity index (χ2v) is 10.5. The van der Waals surface area contributed by atoms with Crippen molar-refractivity contribution < 1.29 is 33.3 Å². The number of hydrogen-bond acceptors (Lipinski definition) is 7. The predicted octanol–water partition coefficient (Wildman–Crippen LogP) is 5.60. The predicted molar refractivity (Wildman–Crippen MR) is 140 cm³/mol. The number of benzene rings is 1. The maximum absolute atomic E-state index is 13.3. The number of nitrogens with zero attached hydrogens (tertiary/aromatic N) is 1. The highest BCUT2D eigenvalue weighted by atomic mass is 16.7. The maximum atomic E-state index is 13.3. The Balaban J connectivity index is 1.77. The Morgan fingerprint density at radius 2 is 1.92 bits per heavy atom. The first-order valence-electron chi connectivity index (χ1n) is 13.5. The van der Waals surface area contributed by atoms with Gasteiger partial charge in [-0.2, -0.15) is 0 Å². The molecular formula is C29H43NO7. The summed E-state index contributed by atoms with van der Waals surface area (Å²) in [6.45, 7) is 11.2. The Bertz CT molecular complexity index is 893. The van der Waals surface area contributed by atoms with Gasteiger partial charge in [0.25, 0.3) is 0 Å². The second-order valence-electron chi connectivity index (χ2n) is 10.5. The van der Waals surface area contributed by atoms with Crippen LogP contribution in [0, 0.1) is 5.92 Å². The zero-order valence-corrected chi connectivity index (χ0v) is 22.9. The van der Waals surface area contributed by atoms with E-state index in [0.29, 0.717) is 37.5 Å². The molecule has 2 aliphatic rings. The zero-order chi connectivity index (χ0) is 26.8. The highest BCUT2D eigenvalue weighted by Gasteiger charge is 2.50. The molecule has 0 aliphatic carbocycles. The van der Waals surface area contributed by atoms with E-state index >= 15 is 0 Å². The quantitative estimate of drug-likeness (QED) is 0.279. The fourth-order valence-corrected chi connectivity index (χ4v) is 4.84. The van der Waals surface area contributed by atoms with E-state index in [1.165, 1.54) is 0 Å². The molecule has 2 saturated heterocycles. The Morgan fingerprint density at radius 3 is 2.57 bits per heavy atom. The summed E-state index contributed by atoms with van der Waals surface area (Å²) in [5, 5.41) is 0. The van der Waals surface area contributed by atoms with Crippen LogP contribution in [0.5, 0.6) is 0 Å². The van der Waals surface area contributed by atoms with Crippen LogP contribution in [0.25, 0.3) is 0 Å². The van der Waals surface area contributed by atoms with Crippen LogP contribution in [0.2, 0.25) is 0 Å². The number of hydrogen-bond donors (Lipinski definition) is 0. The van der Waals surface area contributed by atoms with E-state index in [1.807, 2.05) is 50.3 Å². The fourth-order valence-electron chi connectivity index (χ4n) is 4.84. The summed E-state index contributed by atoms with van der Waals surface area (Å²) in [5.41, 5.74) is 0.477. The molecule has 3 atom stereocenters. The summed E-state index contributed by atoms with van der Waals surface area (Å²) in [5.74, 6) is -0.105. The van der Waals surface area contributed by atoms with Crippen LogP contribution >= 0.6 is 0 Å². The number of carbonyl (C=O) groups excluding carboxylic acids is 2. The molecule has 2 aliphatic heterocycles. The van der Waals surface area contributed by atoms with Crippen molar-refractivity contribution in [2.45, 2.75) is 97.5 Å². The molecular weight excluding hydrogens is 474 g/mol. The minimum atomic E-state index is -0.916. The lowest BCUT2D eigenvalue weighted by Gasteiger charge is -2.33. The first-order valence-corrected chi connectivity index (χ1v) is 13.5. The Morgan fingerprint density at radius 1 is 1.16 bits per heavy atom. The maximum Gasteiger partial charge on any atom is 0.412 e. The molecule has 0 radical (unpaired) electrons. The minimum absolute atomic E-state index is 0.176. The lowest BCUT2D eigenvalue weighted by molar-refractivity contribution is -0.162. The van der Waals surface area contributed by atoms with Crippen molar-refractivity contribution in [2.24, 2.45) is 5.92 Å². The molecule has 1 amide bonds. The van der Waals surface area contributed by atoms with E-state index in [1.54, 1.807) is 11.8 Å². The molecule has 1 unspecified atom stereocenters. The standard InChI is InChI=1S/C29H43NO7/c1-6-33-27(31)23(15-17-35-26-14-10-11-16-34-26)19-25-24(18-21(2)3)30(29(4,5)37-25)28(32)36-20-22-12-8-7-9-13-22/h7-9,12-13,19,21,24-26H,6,10-11,14-18,20H2,1-5H3/t24-,25-,26?/m0/s1. The number of rotatable bonds is 11. The van der Waals surface area contributed by atoms with Crippen molar-refractivity contribution >= 4 is 12.1 Å². The zero-order valence-electron chi connectivity index (χ0n) is 22.9. The van der Waals surface area contributed by atoms with Crippen LogP contribution in [-0.2, 0) is 35.1 Å². The SMILES string of the molecule is CCOC(=O)C(=C[C@@H]1OC(C)(C)N(C(=O)OCc2ccccc2)[C@H]1CC(C)C)CCOC1CCCCO1. The molecule has 8 heteroatoms. The Labute approximate surface area is 221 Å². The van der Waals surface area contributed by atoms with Gasteiger partial charge in [0, 0.05) is 18.6 Å². The number of carbonyl (C=O) groups is 2. The average Bonchev–Trinajstić information content (AvgIpc) is 3.11. The van der Waals surface area contributed by atoms with E-state index in [0.717, 1.165) is 24.8 Å². The highest BCUT2D eigenvalue weighted by molar-refractivity contribution is 5.88. The molecule has 1 aromatic carbocycles. The summed E-state index contributed by atoms with van der Waals surface area (Å²) in [4.78, 5) is 27.8. The third-order valence-corrected chi connectivity index (χ3v) is 6.55. The number of amides is 1. The van der Waals surface area contributed by atoms with Crippen LogP contribution in [-0.4, -0.2) is 60.9 Å². The van der Waals surface area contributed by atoms with Crippen LogP contribution < -0.4 is 0 Å². The van der Waals surface area contributed by atoms with Gasteiger partial charge in [0.15, 0.2) is 6.29 Å². The van der Waals surface area contributed by atoms with Crippen molar-refractivity contribution in [3.8, 4) is 0 Å². The molecule has 0 aromatic heterocycles. The Hall–Kier alpha value is -2.42. The second kappa shape index (κ2) is 13.9. The van der Waals surface area contributed by atoms with Gasteiger partial charge in [-0.05, 0) is 64.0 Å². The summed E-state index contributed by atoms with van der Waals surface area (Å²) < 4.78 is 28.9. The smallest absolute Gasteiger partial charge is 0.412 e. The molecule has 0 bridgehead atoms. The van der Waals surface area contributed by atoms with Gasteiger partial charge in [-0.1, -0.05) is 44.2 Å². The molecule has 0 N–H and O–H groups in total. The van der Waals surface area contributed by atoms with Crippen LogP contribution in [0.3, 0.4) is 0 Å². The average molecular weight is 518 g/mol. The van der Waals surface area contributed by atoms with E-state index in [-0.39, 0.29) is 25.5 Å². The van der Waals surface area contributed by atoms with Gasteiger partial charge in [0.1, 0.15) is 12.3 Å². The van der Waals surface area contributed by atoms with Gasteiger partial charge in [0.2, 0.25) is 0 Å². The van der Waals surface area contributed by atoms with Crippen LogP contribution in [0.4, 0.5) is 4.79 Å². The van der Waals surface area contributed by atoms with Crippen molar-refractivity contribution in [1.82, 2.24) is 4.90 Å². The van der Waals surface area contributed by atoms with Crippen molar-refractivity contribution in [2.75, 3.05) is 19.8 Å². The van der Waals surface area contributed by atoms with Crippen LogP contribution in [0.1, 0.15) is 72.3 Å². The van der Waals surface area contributed by atoms with Gasteiger partial charge >= 0.3 is 12.1 Å². The molecule has 8 nitrogen and oxygen atoms in total. The lowest BCUT2D eigenvalue weighted by Crippen LogP contribution is -2.49. The van der Waals surface area contributed by atoms with Gasteiger partial charge < -0.3 is 23.7 Å². The lowest BCUT2D eigenvalue weighted by atomic mass is 9.96. The third kappa shape index (κ3) is 8.55. The molecule has 37 heavy (non-hydrogen) atoms. The molecule has 0 saturated carbocycles. The first-order chi connectivity index (χ1) is 17.7. The van der Waals surface area contributed by atoms with Gasteiger partial charge in [0.05, 0.1) is 25.4 Å². The van der Waals surface area contributed by atoms with E-state index in [2.05, 4.69) is 13.8 Å². The minimum Gasteiger partial charge on any atom is -0.463 e. The topological polar surface area (TPSA) is 83.5 Å². The summed E-state index contributed by atoms with van der Waals surface area (Å²) in [6.07, 6.45) is 4.67. The number of ether oxygens (including phenoxy) is 5. The molecule has 2 heterocycles. The monoisotopic (exact) mass is 517 g/mol. The largest absolute Gasteiger partial charge is 0.463 e. The normalized spacial score (nSPS) is 23.8. The Kier molecular flexibility index (Phi) is 11.0. The summed E-state index contributed by atoms with van der Waals surface area (Å²) in [6, 6.07) is 9.28. The first kappa shape index (κ1) is 29.1. The van der Waals surface area contributed by atoms with Gasteiger partial charge in [-0.15, -0.1) is 0 Å². The molecule has 0 spiro atoms. The number of esters is 1. The van der Waals surface area contributed by atoms with Crippen molar-refractivity contribution in [3.05, 3.63) is 47.5 Å². The summed E-state index contributed by atoms with van der Waals surface area (Å²) in [7, 11) is 0. The van der Waals surface area contributed by atoms with Crippen molar-refractivity contribution in [3.63, 3.8) is 0 Å². The van der Waals surface area contributed by atoms with Gasteiger partial charge in [-0.3, -0.25) is 4.90 Å². The fraction of sp³-hybridized carbons (Fsp3) is 0.655. The van der Waals surface area contributed by atoms with Gasteiger partial charge in [-0.25, -0.2) is 9.59 Å². The third-order valence-electron chi connectivity index (χ3n) is 6.55. The molecule has 206 valence electrons. The molecule has 1 aromatic rings. The highest BCUT2D eigenvalue weighted by Crippen LogP contribution is 2.37. The van der Waals surface area contributed by atoms with E-state index in [4.69, 9.17) is 23.7 Å². The van der Waals surface area contributed by atoms with E-state index in [9.17, 15) is 9.59 Å².